The van der Waals surface area contributed by atoms with E-state index in [1.807, 2.05) is 20.8 Å². The minimum absolute atomic E-state index is 0.192. The fourth-order valence-corrected chi connectivity index (χ4v) is 1.71. The first-order valence-corrected chi connectivity index (χ1v) is 5.53. The number of nitrogens with two attached hydrogens (primary N) is 1. The van der Waals surface area contributed by atoms with Gasteiger partial charge in [-0.2, -0.15) is 0 Å². The number of hydrogen-bond acceptors (Lipinski definition) is 3. The van der Waals surface area contributed by atoms with Gasteiger partial charge in [0, 0.05) is 19.0 Å². The molecule has 0 aromatic carbocycles. The van der Waals surface area contributed by atoms with Crippen LogP contribution >= 0.6 is 0 Å². The normalized spacial score (nSPS) is 22.7. The second kappa shape index (κ2) is 4.75. The standard InChI is InChI=1S/C12H20N2O2/c1-5-10(13)9-6-7-14(8-9)11(15)16-12(2,3)4/h1,9-10H,6-8,13H2,2-4H3. The Morgan fingerprint density at radius 1 is 1.62 bits per heavy atom. The summed E-state index contributed by atoms with van der Waals surface area (Å²) in [5, 5.41) is 0. The summed E-state index contributed by atoms with van der Waals surface area (Å²) in [6, 6.07) is -0.271. The molecule has 2 unspecified atom stereocenters. The fraction of sp³-hybridized carbons (Fsp3) is 0.750. The van der Waals surface area contributed by atoms with Crippen LogP contribution in [0.25, 0.3) is 0 Å². The number of rotatable bonds is 1. The van der Waals surface area contributed by atoms with Gasteiger partial charge in [0.2, 0.25) is 0 Å². The average molecular weight is 224 g/mol. The summed E-state index contributed by atoms with van der Waals surface area (Å²) < 4.78 is 5.28. The first-order chi connectivity index (χ1) is 7.33. The number of amides is 1. The van der Waals surface area contributed by atoms with Crippen molar-refractivity contribution >= 4 is 6.09 Å². The third kappa shape index (κ3) is 3.42. The quantitative estimate of drug-likeness (QED) is 0.681. The van der Waals surface area contributed by atoms with Gasteiger partial charge in [-0.05, 0) is 27.2 Å². The number of hydrogen-bond donors (Lipinski definition) is 1. The minimum Gasteiger partial charge on any atom is -0.444 e. The first kappa shape index (κ1) is 12.9. The van der Waals surface area contributed by atoms with Gasteiger partial charge in [0.25, 0.3) is 0 Å². The van der Waals surface area contributed by atoms with Crippen molar-refractivity contribution in [3.63, 3.8) is 0 Å². The van der Waals surface area contributed by atoms with Crippen LogP contribution in [0.4, 0.5) is 4.79 Å². The molecule has 1 heterocycles. The van der Waals surface area contributed by atoms with Crippen molar-refractivity contribution in [2.24, 2.45) is 11.7 Å². The topological polar surface area (TPSA) is 55.6 Å². The Labute approximate surface area is 97.1 Å². The number of nitrogens with zero attached hydrogens (tertiary/aromatic N) is 1. The Morgan fingerprint density at radius 2 is 2.25 bits per heavy atom. The van der Waals surface area contributed by atoms with Crippen LogP contribution in [0.5, 0.6) is 0 Å². The van der Waals surface area contributed by atoms with Crippen LogP contribution < -0.4 is 5.73 Å². The van der Waals surface area contributed by atoms with E-state index in [0.717, 1.165) is 6.42 Å². The highest BCUT2D eigenvalue weighted by molar-refractivity contribution is 5.68. The average Bonchev–Trinajstić information content (AvgIpc) is 2.62. The molecular formula is C12H20N2O2. The van der Waals surface area contributed by atoms with Crippen LogP contribution in [0, 0.1) is 18.3 Å². The van der Waals surface area contributed by atoms with Crippen LogP contribution in [0.3, 0.4) is 0 Å². The lowest BCUT2D eigenvalue weighted by Crippen LogP contribution is -2.37. The predicted octanol–water partition coefficient (Wildman–Crippen LogP) is 1.20. The van der Waals surface area contributed by atoms with Gasteiger partial charge in [0.15, 0.2) is 0 Å². The number of likely N-dealkylation sites (tertiary alicyclic amines) is 1. The Morgan fingerprint density at radius 3 is 2.75 bits per heavy atom. The van der Waals surface area contributed by atoms with Crippen LogP contribution in [0.2, 0.25) is 0 Å². The van der Waals surface area contributed by atoms with Crippen LogP contribution in [0.1, 0.15) is 27.2 Å². The summed E-state index contributed by atoms with van der Waals surface area (Å²) in [5.41, 5.74) is 5.30. The largest absolute Gasteiger partial charge is 0.444 e. The maximum atomic E-state index is 11.7. The highest BCUT2D eigenvalue weighted by Gasteiger charge is 2.31. The lowest BCUT2D eigenvalue weighted by Gasteiger charge is -2.24. The van der Waals surface area contributed by atoms with Gasteiger partial charge in [-0.3, -0.25) is 0 Å². The molecule has 0 aromatic heterocycles. The van der Waals surface area contributed by atoms with E-state index >= 15 is 0 Å². The van der Waals surface area contributed by atoms with Crippen molar-refractivity contribution in [2.45, 2.75) is 38.8 Å². The zero-order valence-electron chi connectivity index (χ0n) is 10.2. The molecule has 1 fully saturated rings. The molecule has 4 heteroatoms. The second-order valence-electron chi connectivity index (χ2n) is 5.17. The van der Waals surface area contributed by atoms with Crippen molar-refractivity contribution < 1.29 is 9.53 Å². The van der Waals surface area contributed by atoms with Gasteiger partial charge in [-0.1, -0.05) is 5.92 Å². The molecule has 90 valence electrons. The SMILES string of the molecule is C#CC(N)C1CCN(C(=O)OC(C)(C)C)C1. The van der Waals surface area contributed by atoms with E-state index in [9.17, 15) is 4.79 Å². The van der Waals surface area contributed by atoms with Crippen LogP contribution in [0.15, 0.2) is 0 Å². The molecule has 16 heavy (non-hydrogen) atoms. The summed E-state index contributed by atoms with van der Waals surface area (Å²) in [6.07, 6.45) is 5.84. The lowest BCUT2D eigenvalue weighted by atomic mass is 10.0. The third-order valence-electron chi connectivity index (χ3n) is 2.58. The Bertz CT molecular complexity index is 301. The van der Waals surface area contributed by atoms with Gasteiger partial charge in [-0.15, -0.1) is 6.42 Å². The second-order valence-corrected chi connectivity index (χ2v) is 5.17. The van der Waals surface area contributed by atoms with Gasteiger partial charge in [0.05, 0.1) is 6.04 Å². The van der Waals surface area contributed by atoms with Crippen molar-refractivity contribution in [2.75, 3.05) is 13.1 Å². The van der Waals surface area contributed by atoms with Crippen LogP contribution in [-0.4, -0.2) is 35.7 Å². The molecular weight excluding hydrogens is 204 g/mol. The predicted molar refractivity (Wildman–Crippen MR) is 62.7 cm³/mol. The van der Waals surface area contributed by atoms with E-state index < -0.39 is 5.60 Å². The highest BCUT2D eigenvalue weighted by Crippen LogP contribution is 2.20. The zero-order valence-corrected chi connectivity index (χ0v) is 10.2. The van der Waals surface area contributed by atoms with E-state index in [4.69, 9.17) is 16.9 Å². The lowest BCUT2D eigenvalue weighted by molar-refractivity contribution is 0.0288. The molecule has 1 aliphatic rings. The monoisotopic (exact) mass is 224 g/mol. The van der Waals surface area contributed by atoms with Crippen molar-refractivity contribution in [1.29, 1.82) is 0 Å². The number of ether oxygens (including phenoxy) is 1. The van der Waals surface area contributed by atoms with E-state index in [1.54, 1.807) is 4.90 Å². The molecule has 4 nitrogen and oxygen atoms in total. The fourth-order valence-electron chi connectivity index (χ4n) is 1.71. The summed E-state index contributed by atoms with van der Waals surface area (Å²) in [5.74, 6) is 2.71. The number of terminal acetylenes is 1. The van der Waals surface area contributed by atoms with Crippen LogP contribution in [-0.2, 0) is 4.74 Å². The molecule has 1 aliphatic heterocycles. The molecule has 1 rings (SSSR count). The van der Waals surface area contributed by atoms with Crippen molar-refractivity contribution in [1.82, 2.24) is 4.90 Å². The molecule has 2 atom stereocenters. The van der Waals surface area contributed by atoms with Crippen molar-refractivity contribution in [3.05, 3.63) is 0 Å². The summed E-state index contributed by atoms with van der Waals surface area (Å²) in [7, 11) is 0. The van der Waals surface area contributed by atoms with Crippen molar-refractivity contribution in [3.8, 4) is 12.3 Å². The summed E-state index contributed by atoms with van der Waals surface area (Å²) in [4.78, 5) is 13.4. The highest BCUT2D eigenvalue weighted by atomic mass is 16.6. The van der Waals surface area contributed by atoms with E-state index in [0.29, 0.717) is 13.1 Å². The maximum absolute atomic E-state index is 11.7. The Kier molecular flexibility index (Phi) is 3.82. The van der Waals surface area contributed by atoms with Gasteiger partial charge in [0.1, 0.15) is 5.60 Å². The molecule has 0 spiro atoms. The minimum atomic E-state index is -0.455. The zero-order chi connectivity index (χ0) is 12.3. The Balaban J connectivity index is 2.48. The van der Waals surface area contributed by atoms with E-state index in [2.05, 4.69) is 5.92 Å². The molecule has 0 aromatic rings. The van der Waals surface area contributed by atoms with Gasteiger partial charge in [-0.25, -0.2) is 4.79 Å². The maximum Gasteiger partial charge on any atom is 0.410 e. The third-order valence-corrected chi connectivity index (χ3v) is 2.58. The molecule has 0 saturated carbocycles. The molecule has 0 radical (unpaired) electrons. The van der Waals surface area contributed by atoms with Gasteiger partial charge < -0.3 is 15.4 Å². The smallest absolute Gasteiger partial charge is 0.410 e. The van der Waals surface area contributed by atoms with Gasteiger partial charge >= 0.3 is 6.09 Å². The molecule has 1 saturated heterocycles. The number of carbonyl (C=O) groups excluding carboxylic acids is 1. The molecule has 0 aliphatic carbocycles. The van der Waals surface area contributed by atoms with E-state index in [-0.39, 0.29) is 18.1 Å². The summed E-state index contributed by atoms with van der Waals surface area (Å²) in [6.45, 7) is 6.83. The molecule has 1 amide bonds. The number of carbonyl (C=O) groups is 1. The Hall–Kier alpha value is -1.21. The molecule has 2 N–H and O–H groups in total. The summed E-state index contributed by atoms with van der Waals surface area (Å²) >= 11 is 0. The molecule has 0 bridgehead atoms. The van der Waals surface area contributed by atoms with E-state index in [1.165, 1.54) is 0 Å². The first-order valence-electron chi connectivity index (χ1n) is 5.53.